The second kappa shape index (κ2) is 9.07. The second-order valence-electron chi connectivity index (χ2n) is 5.29. The van der Waals surface area contributed by atoms with Crippen LogP contribution in [0.4, 0.5) is 0 Å². The van der Waals surface area contributed by atoms with Crippen molar-refractivity contribution in [2.45, 2.75) is 0 Å². The average Bonchev–Trinajstić information content (AvgIpc) is 2.60. The molecule has 0 radical (unpaired) electrons. The molecule has 1 aliphatic heterocycles. The molecule has 0 spiro atoms. The topological polar surface area (TPSA) is 70.7 Å². The Bertz CT molecular complexity index is 537. The number of amides is 2. The van der Waals surface area contributed by atoms with Crippen LogP contribution in [0, 0.1) is 0 Å². The van der Waals surface area contributed by atoms with Crippen molar-refractivity contribution in [3.8, 4) is 0 Å². The van der Waals surface area contributed by atoms with Gasteiger partial charge in [0.05, 0.1) is 13.2 Å². The number of hydrogen-bond donors (Lipinski definition) is 2. The summed E-state index contributed by atoms with van der Waals surface area (Å²) in [6, 6.07) is 6.62. The van der Waals surface area contributed by atoms with Crippen molar-refractivity contribution in [3.63, 3.8) is 0 Å². The molecular weight excluding hydrogens is 294 g/mol. The van der Waals surface area contributed by atoms with Crippen molar-refractivity contribution < 1.29 is 14.3 Å². The Kier molecular flexibility index (Phi) is 6.77. The Morgan fingerprint density at radius 3 is 2.22 bits per heavy atom. The van der Waals surface area contributed by atoms with Crippen LogP contribution in [0.2, 0.25) is 0 Å². The summed E-state index contributed by atoms with van der Waals surface area (Å²) in [5, 5.41) is 5.59. The number of carbonyl (C=O) groups is 2. The van der Waals surface area contributed by atoms with Crippen molar-refractivity contribution in [1.29, 1.82) is 0 Å². The molecule has 124 valence electrons. The molecule has 1 aromatic rings. The van der Waals surface area contributed by atoms with Crippen LogP contribution in [0.25, 0.3) is 0 Å². The lowest BCUT2D eigenvalue weighted by Crippen LogP contribution is -2.41. The summed E-state index contributed by atoms with van der Waals surface area (Å²) >= 11 is 0. The molecule has 23 heavy (non-hydrogen) atoms. The first-order chi connectivity index (χ1) is 11.2. The molecule has 1 heterocycles. The lowest BCUT2D eigenvalue weighted by Gasteiger charge is -2.26. The lowest BCUT2D eigenvalue weighted by atomic mass is 10.1. The number of nitrogens with one attached hydrogen (secondary N) is 2. The molecule has 1 aliphatic rings. The van der Waals surface area contributed by atoms with E-state index in [2.05, 4.69) is 22.1 Å². The Hall–Kier alpha value is -2.18. The van der Waals surface area contributed by atoms with Gasteiger partial charge in [-0.1, -0.05) is 6.08 Å². The molecule has 1 fully saturated rings. The maximum atomic E-state index is 12.1. The van der Waals surface area contributed by atoms with Crippen LogP contribution in [0.5, 0.6) is 0 Å². The molecule has 2 amide bonds. The fourth-order valence-corrected chi connectivity index (χ4v) is 2.29. The lowest BCUT2D eigenvalue weighted by molar-refractivity contribution is 0.0383. The number of carbonyl (C=O) groups excluding carboxylic acids is 2. The summed E-state index contributed by atoms with van der Waals surface area (Å²) in [6.45, 7) is 8.70. The zero-order valence-corrected chi connectivity index (χ0v) is 13.2. The quantitative estimate of drug-likeness (QED) is 0.725. The first-order valence-corrected chi connectivity index (χ1v) is 7.78. The number of rotatable bonds is 7. The summed E-state index contributed by atoms with van der Waals surface area (Å²) in [5.74, 6) is -0.305. The normalized spacial score (nSPS) is 15.0. The van der Waals surface area contributed by atoms with Gasteiger partial charge in [-0.05, 0) is 24.3 Å². The van der Waals surface area contributed by atoms with Crippen molar-refractivity contribution in [3.05, 3.63) is 48.0 Å². The van der Waals surface area contributed by atoms with E-state index < -0.39 is 0 Å². The van der Waals surface area contributed by atoms with Crippen LogP contribution in [0.3, 0.4) is 0 Å². The molecule has 0 unspecified atom stereocenters. The van der Waals surface area contributed by atoms with Gasteiger partial charge >= 0.3 is 0 Å². The summed E-state index contributed by atoms with van der Waals surface area (Å²) < 4.78 is 5.28. The Labute approximate surface area is 136 Å². The molecule has 0 aromatic heterocycles. The maximum absolute atomic E-state index is 12.1. The van der Waals surface area contributed by atoms with Crippen molar-refractivity contribution in [2.75, 3.05) is 45.9 Å². The second-order valence-corrected chi connectivity index (χ2v) is 5.29. The SMILES string of the molecule is C=CCNC(=O)c1ccc(C(=O)NCCN2CCOCC2)cc1. The minimum Gasteiger partial charge on any atom is -0.379 e. The number of hydrogen-bond acceptors (Lipinski definition) is 4. The van der Waals surface area contributed by atoms with E-state index in [4.69, 9.17) is 4.74 Å². The summed E-state index contributed by atoms with van der Waals surface area (Å²) in [7, 11) is 0. The summed E-state index contributed by atoms with van der Waals surface area (Å²) in [6.07, 6.45) is 1.62. The highest BCUT2D eigenvalue weighted by molar-refractivity contribution is 5.97. The fourth-order valence-electron chi connectivity index (χ4n) is 2.29. The van der Waals surface area contributed by atoms with Gasteiger partial charge in [-0.25, -0.2) is 0 Å². The zero-order chi connectivity index (χ0) is 16.5. The van der Waals surface area contributed by atoms with Crippen LogP contribution < -0.4 is 10.6 Å². The highest BCUT2D eigenvalue weighted by Crippen LogP contribution is 2.04. The number of morpholine rings is 1. The van der Waals surface area contributed by atoms with Gasteiger partial charge in [0.2, 0.25) is 0 Å². The van der Waals surface area contributed by atoms with Crippen molar-refractivity contribution >= 4 is 11.8 Å². The molecule has 0 atom stereocenters. The van der Waals surface area contributed by atoms with Gasteiger partial charge in [-0.2, -0.15) is 0 Å². The molecule has 2 N–H and O–H groups in total. The monoisotopic (exact) mass is 317 g/mol. The molecule has 1 aromatic carbocycles. The third-order valence-corrected chi connectivity index (χ3v) is 3.63. The van der Waals surface area contributed by atoms with Gasteiger partial charge in [0.15, 0.2) is 0 Å². The number of nitrogens with zero attached hydrogens (tertiary/aromatic N) is 1. The van der Waals surface area contributed by atoms with Gasteiger partial charge in [0.1, 0.15) is 0 Å². The molecule has 6 heteroatoms. The Morgan fingerprint density at radius 2 is 1.65 bits per heavy atom. The van der Waals surface area contributed by atoms with Gasteiger partial charge in [-0.15, -0.1) is 6.58 Å². The summed E-state index contributed by atoms with van der Waals surface area (Å²) in [4.78, 5) is 26.1. The fraction of sp³-hybridized carbons (Fsp3) is 0.412. The minimum atomic E-state index is -0.177. The van der Waals surface area contributed by atoms with E-state index in [1.54, 1.807) is 30.3 Å². The highest BCUT2D eigenvalue weighted by Gasteiger charge is 2.11. The van der Waals surface area contributed by atoms with Crippen LogP contribution in [-0.4, -0.2) is 62.7 Å². The third-order valence-electron chi connectivity index (χ3n) is 3.63. The molecule has 0 saturated carbocycles. The molecule has 2 rings (SSSR count). The third kappa shape index (κ3) is 5.50. The molecule has 6 nitrogen and oxygen atoms in total. The van der Waals surface area contributed by atoms with Gasteiger partial charge < -0.3 is 15.4 Å². The largest absolute Gasteiger partial charge is 0.379 e. The zero-order valence-electron chi connectivity index (χ0n) is 13.2. The predicted molar refractivity (Wildman–Crippen MR) is 88.6 cm³/mol. The van der Waals surface area contributed by atoms with Crippen molar-refractivity contribution in [2.24, 2.45) is 0 Å². The number of ether oxygens (including phenoxy) is 1. The first-order valence-electron chi connectivity index (χ1n) is 7.78. The van der Waals surface area contributed by atoms with E-state index in [1.165, 1.54) is 0 Å². The number of benzene rings is 1. The van der Waals surface area contributed by atoms with E-state index in [0.717, 1.165) is 32.8 Å². The molecule has 0 aliphatic carbocycles. The Morgan fingerprint density at radius 1 is 1.09 bits per heavy atom. The van der Waals surface area contributed by atoms with Crippen LogP contribution in [0.15, 0.2) is 36.9 Å². The van der Waals surface area contributed by atoms with Crippen LogP contribution in [-0.2, 0) is 4.74 Å². The van der Waals surface area contributed by atoms with Crippen molar-refractivity contribution in [1.82, 2.24) is 15.5 Å². The minimum absolute atomic E-state index is 0.128. The standard InChI is InChI=1S/C17H23N3O3/c1-2-7-18-16(21)14-3-5-15(6-4-14)17(22)19-8-9-20-10-12-23-13-11-20/h2-6H,1,7-13H2,(H,18,21)(H,19,22). The first kappa shape index (κ1) is 17.2. The van der Waals surface area contributed by atoms with Gasteiger partial charge in [-0.3, -0.25) is 14.5 Å². The van der Waals surface area contributed by atoms with Crippen LogP contribution in [0.1, 0.15) is 20.7 Å². The maximum Gasteiger partial charge on any atom is 0.251 e. The van der Waals surface area contributed by atoms with E-state index in [0.29, 0.717) is 24.2 Å². The predicted octanol–water partition coefficient (Wildman–Crippen LogP) is 0.664. The molecule has 0 bridgehead atoms. The van der Waals surface area contributed by atoms with Gasteiger partial charge in [0, 0.05) is 43.9 Å². The Balaban J connectivity index is 1.77. The smallest absolute Gasteiger partial charge is 0.251 e. The molecule has 1 saturated heterocycles. The summed E-state index contributed by atoms with van der Waals surface area (Å²) in [5.41, 5.74) is 1.07. The van der Waals surface area contributed by atoms with E-state index >= 15 is 0 Å². The average molecular weight is 317 g/mol. The highest BCUT2D eigenvalue weighted by atomic mass is 16.5. The van der Waals surface area contributed by atoms with Gasteiger partial charge in [0.25, 0.3) is 11.8 Å². The van der Waals surface area contributed by atoms with E-state index in [9.17, 15) is 9.59 Å². The van der Waals surface area contributed by atoms with Crippen LogP contribution >= 0.6 is 0 Å². The molecular formula is C17H23N3O3. The van der Waals surface area contributed by atoms with E-state index in [1.807, 2.05) is 0 Å². The van der Waals surface area contributed by atoms with E-state index in [-0.39, 0.29) is 11.8 Å².